The zero-order chi connectivity index (χ0) is 14.7. The topological polar surface area (TPSA) is 42.2 Å². The van der Waals surface area contributed by atoms with E-state index in [0.29, 0.717) is 12.1 Å². The summed E-state index contributed by atoms with van der Waals surface area (Å²) in [6.45, 7) is 3.43. The van der Waals surface area contributed by atoms with Crippen molar-refractivity contribution in [3.63, 3.8) is 0 Å². The van der Waals surface area contributed by atoms with Crippen LogP contribution in [0.25, 0.3) is 0 Å². The van der Waals surface area contributed by atoms with E-state index < -0.39 is 0 Å². The zero-order valence-electron chi connectivity index (χ0n) is 11.4. The van der Waals surface area contributed by atoms with Crippen molar-refractivity contribution in [3.8, 4) is 0 Å². The van der Waals surface area contributed by atoms with Crippen molar-refractivity contribution in [1.82, 2.24) is 9.88 Å². The maximum Gasteiger partial charge on any atom is 0.133 e. The molecule has 2 rings (SSSR count). The van der Waals surface area contributed by atoms with Crippen LogP contribution < -0.4 is 5.73 Å². The number of halogens is 1. The highest BCUT2D eigenvalue weighted by molar-refractivity contribution is 7.80. The van der Waals surface area contributed by atoms with Gasteiger partial charge in [0.25, 0.3) is 0 Å². The first-order valence-electron chi connectivity index (χ1n) is 6.13. The Morgan fingerprint density at radius 2 is 2.20 bits per heavy atom. The molecule has 0 amide bonds. The van der Waals surface area contributed by atoms with E-state index in [1.165, 1.54) is 6.07 Å². The van der Waals surface area contributed by atoms with Crippen molar-refractivity contribution in [1.29, 1.82) is 0 Å². The zero-order valence-corrected chi connectivity index (χ0v) is 13.0. The van der Waals surface area contributed by atoms with Crippen LogP contribution >= 0.6 is 23.6 Å². The fourth-order valence-corrected chi connectivity index (χ4v) is 2.74. The SMILES string of the molecule is Cc1nc(CN(C)Cc2ccc(F)c(C(N)=S)c2)cs1. The van der Waals surface area contributed by atoms with Gasteiger partial charge in [-0.3, -0.25) is 4.90 Å². The number of hydrogen-bond donors (Lipinski definition) is 1. The van der Waals surface area contributed by atoms with Gasteiger partial charge in [-0.15, -0.1) is 11.3 Å². The summed E-state index contributed by atoms with van der Waals surface area (Å²) in [5.74, 6) is -0.376. The first-order chi connectivity index (χ1) is 9.45. The number of rotatable bonds is 5. The van der Waals surface area contributed by atoms with Crippen LogP contribution in [0.1, 0.15) is 21.8 Å². The average Bonchev–Trinajstić information content (AvgIpc) is 2.76. The van der Waals surface area contributed by atoms with Crippen molar-refractivity contribution in [2.75, 3.05) is 7.05 Å². The standard InChI is InChI=1S/C14H16FN3S2/c1-9-17-11(8-20-9)7-18(2)6-10-3-4-13(15)12(5-10)14(16)19/h3-5,8H,6-7H2,1-2H3,(H2,16,19). The summed E-state index contributed by atoms with van der Waals surface area (Å²) >= 11 is 6.49. The highest BCUT2D eigenvalue weighted by Gasteiger charge is 2.09. The van der Waals surface area contributed by atoms with Gasteiger partial charge in [0.1, 0.15) is 10.8 Å². The van der Waals surface area contributed by atoms with E-state index in [9.17, 15) is 4.39 Å². The van der Waals surface area contributed by atoms with Crippen LogP contribution in [0.15, 0.2) is 23.6 Å². The molecule has 0 spiro atoms. The molecule has 106 valence electrons. The number of hydrogen-bond acceptors (Lipinski definition) is 4. The third-order valence-electron chi connectivity index (χ3n) is 2.85. The summed E-state index contributed by atoms with van der Waals surface area (Å²) in [6, 6.07) is 4.87. The number of thiocarbonyl (C=S) groups is 1. The van der Waals surface area contributed by atoms with Gasteiger partial charge >= 0.3 is 0 Å². The van der Waals surface area contributed by atoms with Crippen molar-refractivity contribution < 1.29 is 4.39 Å². The smallest absolute Gasteiger partial charge is 0.133 e. The minimum Gasteiger partial charge on any atom is -0.389 e. The van der Waals surface area contributed by atoms with E-state index in [2.05, 4.69) is 15.3 Å². The van der Waals surface area contributed by atoms with E-state index >= 15 is 0 Å². The molecule has 20 heavy (non-hydrogen) atoms. The Morgan fingerprint density at radius 1 is 1.45 bits per heavy atom. The normalized spacial score (nSPS) is 11.0. The molecule has 1 heterocycles. The number of thiazole rings is 1. The van der Waals surface area contributed by atoms with Gasteiger partial charge in [-0.2, -0.15) is 0 Å². The Kier molecular flexibility index (Phi) is 4.80. The number of aryl methyl sites for hydroxylation is 1. The van der Waals surface area contributed by atoms with Crippen molar-refractivity contribution >= 4 is 28.5 Å². The molecule has 2 aromatic rings. The van der Waals surface area contributed by atoms with E-state index in [-0.39, 0.29) is 10.8 Å². The summed E-state index contributed by atoms with van der Waals surface area (Å²) in [5.41, 5.74) is 7.83. The van der Waals surface area contributed by atoms with Crippen LogP contribution in [0.3, 0.4) is 0 Å². The number of benzene rings is 1. The molecular weight excluding hydrogens is 293 g/mol. The molecule has 6 heteroatoms. The number of nitrogens with zero attached hydrogens (tertiary/aromatic N) is 2. The van der Waals surface area contributed by atoms with Gasteiger partial charge in [0.15, 0.2) is 0 Å². The third-order valence-corrected chi connectivity index (χ3v) is 3.89. The maximum atomic E-state index is 13.5. The predicted molar refractivity (Wildman–Crippen MR) is 84.3 cm³/mol. The molecule has 1 aromatic carbocycles. The fraction of sp³-hybridized carbons (Fsp3) is 0.286. The second-order valence-corrected chi connectivity index (χ2v) is 6.21. The molecule has 0 unspecified atom stereocenters. The molecule has 0 radical (unpaired) electrons. The average molecular weight is 309 g/mol. The number of nitrogens with two attached hydrogens (primary N) is 1. The molecular formula is C14H16FN3S2. The lowest BCUT2D eigenvalue weighted by molar-refractivity contribution is 0.315. The molecule has 3 nitrogen and oxygen atoms in total. The van der Waals surface area contributed by atoms with Gasteiger partial charge in [0.2, 0.25) is 0 Å². The summed E-state index contributed by atoms with van der Waals surface area (Å²) < 4.78 is 13.5. The predicted octanol–water partition coefficient (Wildman–Crippen LogP) is 2.86. The summed E-state index contributed by atoms with van der Waals surface area (Å²) in [4.78, 5) is 6.63. The molecule has 0 bridgehead atoms. The molecule has 2 N–H and O–H groups in total. The minimum absolute atomic E-state index is 0.0853. The lowest BCUT2D eigenvalue weighted by atomic mass is 10.1. The fourth-order valence-electron chi connectivity index (χ4n) is 1.98. The monoisotopic (exact) mass is 309 g/mol. The molecule has 0 aliphatic rings. The van der Waals surface area contributed by atoms with Crippen LogP contribution in [-0.2, 0) is 13.1 Å². The Morgan fingerprint density at radius 3 is 2.80 bits per heavy atom. The Bertz CT molecular complexity index is 625. The quantitative estimate of drug-likeness (QED) is 0.863. The lowest BCUT2D eigenvalue weighted by Crippen LogP contribution is -2.18. The molecule has 0 aliphatic carbocycles. The summed E-state index contributed by atoms with van der Waals surface area (Å²) in [7, 11) is 2.00. The summed E-state index contributed by atoms with van der Waals surface area (Å²) in [6.07, 6.45) is 0. The first-order valence-corrected chi connectivity index (χ1v) is 7.42. The Balaban J connectivity index is 2.06. The van der Waals surface area contributed by atoms with Crippen LogP contribution in [0.2, 0.25) is 0 Å². The highest BCUT2D eigenvalue weighted by atomic mass is 32.1. The van der Waals surface area contributed by atoms with Gasteiger partial charge < -0.3 is 5.73 Å². The molecule has 0 saturated carbocycles. The second kappa shape index (κ2) is 6.39. The lowest BCUT2D eigenvalue weighted by Gasteiger charge is -2.16. The minimum atomic E-state index is -0.376. The van der Waals surface area contributed by atoms with E-state index in [0.717, 1.165) is 22.8 Å². The Hall–Kier alpha value is -1.37. The van der Waals surface area contributed by atoms with Gasteiger partial charge in [0, 0.05) is 24.0 Å². The molecule has 1 aromatic heterocycles. The van der Waals surface area contributed by atoms with Crippen molar-refractivity contribution in [3.05, 3.63) is 51.2 Å². The molecule has 0 aliphatic heterocycles. The van der Waals surface area contributed by atoms with Crippen LogP contribution in [-0.4, -0.2) is 21.9 Å². The molecule has 0 fully saturated rings. The second-order valence-electron chi connectivity index (χ2n) is 4.71. The maximum absolute atomic E-state index is 13.5. The molecule has 0 saturated heterocycles. The summed E-state index contributed by atoms with van der Waals surface area (Å²) in [5, 5.41) is 3.11. The van der Waals surface area contributed by atoms with Crippen molar-refractivity contribution in [2.45, 2.75) is 20.0 Å². The largest absolute Gasteiger partial charge is 0.389 e. The Labute approximate surface area is 127 Å². The van der Waals surface area contributed by atoms with Gasteiger partial charge in [-0.25, -0.2) is 9.37 Å². The van der Waals surface area contributed by atoms with E-state index in [1.807, 2.05) is 14.0 Å². The number of aromatic nitrogens is 1. The van der Waals surface area contributed by atoms with Crippen LogP contribution in [0, 0.1) is 12.7 Å². The van der Waals surface area contributed by atoms with Crippen molar-refractivity contribution in [2.24, 2.45) is 5.73 Å². The van der Waals surface area contributed by atoms with E-state index in [1.54, 1.807) is 23.5 Å². The molecule has 0 atom stereocenters. The van der Waals surface area contributed by atoms with Crippen LogP contribution in [0.5, 0.6) is 0 Å². The van der Waals surface area contributed by atoms with E-state index in [4.69, 9.17) is 18.0 Å². The van der Waals surface area contributed by atoms with Crippen LogP contribution in [0.4, 0.5) is 4.39 Å². The van der Waals surface area contributed by atoms with Gasteiger partial charge in [-0.05, 0) is 31.7 Å². The third kappa shape index (κ3) is 3.82. The van der Waals surface area contributed by atoms with Gasteiger partial charge in [-0.1, -0.05) is 18.3 Å². The highest BCUT2D eigenvalue weighted by Crippen LogP contribution is 2.14. The van der Waals surface area contributed by atoms with Gasteiger partial charge in [0.05, 0.1) is 10.7 Å². The first kappa shape index (κ1) is 15.0.